The summed E-state index contributed by atoms with van der Waals surface area (Å²) in [7, 11) is 0. The van der Waals surface area contributed by atoms with Crippen LogP contribution in [0.3, 0.4) is 0 Å². The second-order valence-electron chi connectivity index (χ2n) is 4.85. The van der Waals surface area contributed by atoms with Gasteiger partial charge in [0.2, 0.25) is 5.91 Å². The Hall–Kier alpha value is -1.71. The summed E-state index contributed by atoms with van der Waals surface area (Å²) in [4.78, 5) is 11.4. The lowest BCUT2D eigenvalue weighted by Gasteiger charge is -2.20. The van der Waals surface area contributed by atoms with Gasteiger partial charge in [-0.25, -0.2) is 0 Å². The van der Waals surface area contributed by atoms with E-state index in [-0.39, 0.29) is 6.04 Å². The number of amides is 1. The molecule has 2 aromatic carbocycles. The van der Waals surface area contributed by atoms with Crippen molar-refractivity contribution in [3.05, 3.63) is 63.1 Å². The Bertz CT molecular complexity index is 686. The van der Waals surface area contributed by atoms with E-state index in [9.17, 15) is 4.79 Å². The fraction of sp³-hybridized carbons (Fsp3) is 0.188. The molecule has 0 aromatic heterocycles. The summed E-state index contributed by atoms with van der Waals surface area (Å²) in [6.45, 7) is 3.84. The third-order valence-electron chi connectivity index (χ3n) is 3.42. The van der Waals surface area contributed by atoms with Crippen LogP contribution in [0.25, 0.3) is 0 Å². The van der Waals surface area contributed by atoms with Gasteiger partial charge in [-0.1, -0.05) is 41.4 Å². The maximum atomic E-state index is 11.4. The van der Waals surface area contributed by atoms with Gasteiger partial charge in [0.1, 0.15) is 0 Å². The fourth-order valence-electron chi connectivity index (χ4n) is 2.22. The van der Waals surface area contributed by atoms with Gasteiger partial charge in [0.25, 0.3) is 0 Å². The monoisotopic (exact) mass is 322 g/mol. The van der Waals surface area contributed by atoms with Crippen LogP contribution < -0.4 is 11.1 Å². The number of carbonyl (C=O) groups is 1. The number of nitrogens with two attached hydrogens (primary N) is 1. The molecule has 0 bridgehead atoms. The molecule has 0 aliphatic rings. The van der Waals surface area contributed by atoms with Crippen LogP contribution in [0.4, 0.5) is 5.69 Å². The molecule has 0 saturated heterocycles. The van der Waals surface area contributed by atoms with Crippen molar-refractivity contribution >= 4 is 34.8 Å². The molecule has 2 rings (SSSR count). The Kier molecular flexibility index (Phi) is 4.76. The molecular formula is C16H16Cl2N2O. The molecule has 5 heteroatoms. The summed E-state index contributed by atoms with van der Waals surface area (Å²) < 4.78 is 0. The number of rotatable bonds is 4. The van der Waals surface area contributed by atoms with Gasteiger partial charge in [-0.15, -0.1) is 0 Å². The van der Waals surface area contributed by atoms with E-state index in [4.69, 9.17) is 28.9 Å². The molecule has 0 radical (unpaired) electrons. The zero-order chi connectivity index (χ0) is 15.6. The van der Waals surface area contributed by atoms with Crippen LogP contribution in [0.1, 0.15) is 34.5 Å². The third kappa shape index (κ3) is 3.31. The number of halogens is 2. The molecule has 1 atom stereocenters. The molecule has 1 unspecified atom stereocenters. The van der Waals surface area contributed by atoms with Gasteiger partial charge in [-0.3, -0.25) is 4.79 Å². The van der Waals surface area contributed by atoms with Crippen molar-refractivity contribution in [2.45, 2.75) is 19.9 Å². The SMILES string of the molecule is Cc1c(NC(C)c2cccc(Cl)c2Cl)cccc1C(N)=O. The summed E-state index contributed by atoms with van der Waals surface area (Å²) in [5, 5.41) is 4.39. The van der Waals surface area contributed by atoms with E-state index >= 15 is 0 Å². The van der Waals surface area contributed by atoms with Crippen LogP contribution in [0.15, 0.2) is 36.4 Å². The number of benzene rings is 2. The molecule has 2 aromatic rings. The second kappa shape index (κ2) is 6.37. The Morgan fingerprint density at radius 2 is 1.86 bits per heavy atom. The van der Waals surface area contributed by atoms with Crippen LogP contribution in [-0.4, -0.2) is 5.91 Å². The van der Waals surface area contributed by atoms with Crippen LogP contribution in [0, 0.1) is 6.92 Å². The quantitative estimate of drug-likeness (QED) is 0.866. The molecule has 3 nitrogen and oxygen atoms in total. The fourth-order valence-corrected chi connectivity index (χ4v) is 2.70. The first kappa shape index (κ1) is 15.7. The van der Waals surface area contributed by atoms with Gasteiger partial charge in [0.05, 0.1) is 16.1 Å². The van der Waals surface area contributed by atoms with Crippen LogP contribution >= 0.6 is 23.2 Å². The maximum Gasteiger partial charge on any atom is 0.249 e. The number of nitrogens with one attached hydrogen (secondary N) is 1. The lowest BCUT2D eigenvalue weighted by molar-refractivity contribution is 0.1000. The van der Waals surface area contributed by atoms with Gasteiger partial charge >= 0.3 is 0 Å². The molecule has 1 amide bonds. The van der Waals surface area contributed by atoms with Crippen molar-refractivity contribution in [2.75, 3.05) is 5.32 Å². The van der Waals surface area contributed by atoms with E-state index in [1.165, 1.54) is 0 Å². The Balaban J connectivity index is 2.32. The van der Waals surface area contributed by atoms with Crippen molar-refractivity contribution in [2.24, 2.45) is 5.73 Å². The Morgan fingerprint density at radius 1 is 1.19 bits per heavy atom. The molecule has 0 fully saturated rings. The minimum Gasteiger partial charge on any atom is -0.378 e. The largest absolute Gasteiger partial charge is 0.378 e. The van der Waals surface area contributed by atoms with E-state index in [0.717, 1.165) is 16.8 Å². The zero-order valence-corrected chi connectivity index (χ0v) is 13.3. The molecule has 110 valence electrons. The van der Waals surface area contributed by atoms with Crippen molar-refractivity contribution in [3.8, 4) is 0 Å². The van der Waals surface area contributed by atoms with Crippen molar-refractivity contribution in [1.29, 1.82) is 0 Å². The number of primary amides is 1. The number of carbonyl (C=O) groups excluding carboxylic acids is 1. The van der Waals surface area contributed by atoms with Gasteiger partial charge in [0, 0.05) is 11.3 Å². The Labute approximate surface area is 134 Å². The highest BCUT2D eigenvalue weighted by Gasteiger charge is 2.14. The normalized spacial score (nSPS) is 12.0. The first-order chi connectivity index (χ1) is 9.91. The number of hydrogen-bond acceptors (Lipinski definition) is 2. The lowest BCUT2D eigenvalue weighted by atomic mass is 10.0. The maximum absolute atomic E-state index is 11.4. The van der Waals surface area contributed by atoms with E-state index < -0.39 is 5.91 Å². The summed E-state index contributed by atoms with van der Waals surface area (Å²) in [5.74, 6) is -0.440. The van der Waals surface area contributed by atoms with E-state index in [1.54, 1.807) is 18.2 Å². The Morgan fingerprint density at radius 3 is 2.52 bits per heavy atom. The lowest BCUT2D eigenvalue weighted by Crippen LogP contribution is -2.15. The van der Waals surface area contributed by atoms with E-state index in [2.05, 4.69) is 5.32 Å². The number of hydrogen-bond donors (Lipinski definition) is 2. The molecule has 0 spiro atoms. The standard InChI is InChI=1S/C16H16Cl2N2O/c1-9-11(16(19)21)5-4-8-14(9)20-10(2)12-6-3-7-13(17)15(12)18/h3-8,10,20H,1-2H3,(H2,19,21). The van der Waals surface area contributed by atoms with Gasteiger partial charge < -0.3 is 11.1 Å². The molecule has 0 saturated carbocycles. The van der Waals surface area contributed by atoms with Gasteiger partial charge in [-0.05, 0) is 43.2 Å². The molecule has 0 aliphatic carbocycles. The van der Waals surface area contributed by atoms with Crippen LogP contribution in [0.2, 0.25) is 10.0 Å². The van der Waals surface area contributed by atoms with Crippen molar-refractivity contribution in [3.63, 3.8) is 0 Å². The van der Waals surface area contributed by atoms with Gasteiger partial charge in [-0.2, -0.15) is 0 Å². The minimum absolute atomic E-state index is 0.0574. The third-order valence-corrected chi connectivity index (χ3v) is 4.25. The summed E-state index contributed by atoms with van der Waals surface area (Å²) in [6.07, 6.45) is 0. The average molecular weight is 323 g/mol. The van der Waals surface area contributed by atoms with E-state index in [0.29, 0.717) is 15.6 Å². The topological polar surface area (TPSA) is 55.1 Å². The molecule has 21 heavy (non-hydrogen) atoms. The molecular weight excluding hydrogens is 307 g/mol. The minimum atomic E-state index is -0.440. The molecule has 0 heterocycles. The van der Waals surface area contributed by atoms with Gasteiger partial charge in [0.15, 0.2) is 0 Å². The van der Waals surface area contributed by atoms with Crippen molar-refractivity contribution < 1.29 is 4.79 Å². The first-order valence-corrected chi connectivity index (χ1v) is 7.27. The summed E-state index contributed by atoms with van der Waals surface area (Å²) in [5.41, 5.74) is 8.42. The van der Waals surface area contributed by atoms with Crippen molar-refractivity contribution in [1.82, 2.24) is 0 Å². The highest BCUT2D eigenvalue weighted by molar-refractivity contribution is 6.42. The van der Waals surface area contributed by atoms with Crippen LogP contribution in [-0.2, 0) is 0 Å². The van der Waals surface area contributed by atoms with E-state index in [1.807, 2.05) is 32.0 Å². The number of anilines is 1. The summed E-state index contributed by atoms with van der Waals surface area (Å²) >= 11 is 12.3. The molecule has 3 N–H and O–H groups in total. The summed E-state index contributed by atoms with van der Waals surface area (Å²) in [6, 6.07) is 10.9. The predicted octanol–water partition coefficient (Wildman–Crippen LogP) is 4.57. The highest BCUT2D eigenvalue weighted by Crippen LogP contribution is 2.32. The first-order valence-electron chi connectivity index (χ1n) is 6.51. The average Bonchev–Trinajstić information content (AvgIpc) is 2.43. The highest BCUT2D eigenvalue weighted by atomic mass is 35.5. The smallest absolute Gasteiger partial charge is 0.249 e. The second-order valence-corrected chi connectivity index (χ2v) is 5.64. The molecule has 0 aliphatic heterocycles. The predicted molar refractivity (Wildman–Crippen MR) is 88.2 cm³/mol. The van der Waals surface area contributed by atoms with Crippen LogP contribution in [0.5, 0.6) is 0 Å². The zero-order valence-electron chi connectivity index (χ0n) is 11.8.